The molecule has 1 heterocycles. The molecule has 1 fully saturated rings. The Balaban J connectivity index is 1.74. The molecule has 138 valence electrons. The van der Waals surface area contributed by atoms with Gasteiger partial charge in [-0.1, -0.05) is 49.9 Å². The minimum absolute atomic E-state index is 0.130. The van der Waals surface area contributed by atoms with E-state index in [0.29, 0.717) is 5.92 Å². The molecule has 1 saturated heterocycles. The number of aliphatic hydroxyl groups is 1. The summed E-state index contributed by atoms with van der Waals surface area (Å²) in [5.41, 5.74) is 5.00. The number of aliphatic hydroxyl groups excluding tert-OH is 1. The topological polar surface area (TPSA) is 23.5 Å². The fraction of sp³-hybridized carbons (Fsp3) is 0.565. The molecule has 2 nitrogen and oxygen atoms in total. The molecule has 1 atom stereocenters. The quantitative estimate of drug-likeness (QED) is 0.614. The van der Waals surface area contributed by atoms with E-state index < -0.39 is 0 Å². The highest BCUT2D eigenvalue weighted by Crippen LogP contribution is 2.27. The summed E-state index contributed by atoms with van der Waals surface area (Å²) in [7, 11) is 0. The van der Waals surface area contributed by atoms with Gasteiger partial charge in [-0.3, -0.25) is 0 Å². The predicted octanol–water partition coefficient (Wildman–Crippen LogP) is 5.33. The lowest BCUT2D eigenvalue weighted by Gasteiger charge is -2.35. The molecule has 0 aromatic heterocycles. The highest BCUT2D eigenvalue weighted by Gasteiger charge is 2.20. The molecule has 0 saturated carbocycles. The van der Waals surface area contributed by atoms with Gasteiger partial charge in [-0.25, -0.2) is 0 Å². The van der Waals surface area contributed by atoms with Crippen LogP contribution in [0.2, 0.25) is 0 Å². The second kappa shape index (κ2) is 9.82. The Kier molecular flexibility index (Phi) is 7.77. The van der Waals surface area contributed by atoms with E-state index in [-0.39, 0.29) is 6.61 Å². The highest BCUT2D eigenvalue weighted by molar-refractivity contribution is 5.22. The minimum Gasteiger partial charge on any atom is -0.392 e. The molecular formula is C23H35NO. The third-order valence-electron chi connectivity index (χ3n) is 5.76. The summed E-state index contributed by atoms with van der Waals surface area (Å²) in [6.07, 6.45) is 7.11. The third kappa shape index (κ3) is 6.04. The third-order valence-corrected chi connectivity index (χ3v) is 5.76. The number of rotatable bonds is 9. The molecule has 0 amide bonds. The van der Waals surface area contributed by atoms with Gasteiger partial charge in [-0.2, -0.15) is 0 Å². The normalized spacial score (nSPS) is 16.7. The average molecular weight is 342 g/mol. The molecule has 1 unspecified atom stereocenters. The van der Waals surface area contributed by atoms with Crippen LogP contribution in [0.1, 0.15) is 57.1 Å². The van der Waals surface area contributed by atoms with Crippen molar-refractivity contribution in [1.82, 2.24) is 4.90 Å². The largest absolute Gasteiger partial charge is 0.392 e. The Hall–Kier alpha value is -1.54. The zero-order chi connectivity index (χ0) is 18.2. The molecule has 0 radical (unpaired) electrons. The minimum atomic E-state index is 0.130. The molecular weight excluding hydrogens is 306 g/mol. The van der Waals surface area contributed by atoms with Gasteiger partial charge in [0.1, 0.15) is 0 Å². The second-order valence-corrected chi connectivity index (χ2v) is 7.67. The van der Waals surface area contributed by atoms with Crippen molar-refractivity contribution in [2.75, 3.05) is 13.1 Å². The number of benzene rings is 1. The van der Waals surface area contributed by atoms with Crippen molar-refractivity contribution < 1.29 is 5.11 Å². The van der Waals surface area contributed by atoms with E-state index in [1.165, 1.54) is 42.5 Å². The molecule has 0 spiro atoms. The van der Waals surface area contributed by atoms with Crippen LogP contribution in [0.25, 0.3) is 0 Å². The van der Waals surface area contributed by atoms with Crippen LogP contribution in [0.5, 0.6) is 0 Å². The van der Waals surface area contributed by atoms with E-state index in [9.17, 15) is 0 Å². The number of likely N-dealkylation sites (tertiary alicyclic amines) is 1. The summed E-state index contributed by atoms with van der Waals surface area (Å²) in [5, 5.41) is 9.14. The van der Waals surface area contributed by atoms with Crippen LogP contribution >= 0.6 is 0 Å². The molecule has 25 heavy (non-hydrogen) atoms. The zero-order valence-electron chi connectivity index (χ0n) is 16.1. The lowest BCUT2D eigenvalue weighted by Crippen LogP contribution is -2.33. The van der Waals surface area contributed by atoms with Gasteiger partial charge in [0.15, 0.2) is 0 Å². The Morgan fingerprint density at radius 2 is 1.76 bits per heavy atom. The van der Waals surface area contributed by atoms with Crippen LogP contribution in [0.4, 0.5) is 0 Å². The summed E-state index contributed by atoms with van der Waals surface area (Å²) in [6, 6.07) is 8.41. The molecule has 2 heteroatoms. The SMILES string of the molecule is C=C(C)C(CC)CCC(=C)N1CCC(Cc2ccc(CO)cc2)CC1. The van der Waals surface area contributed by atoms with Gasteiger partial charge in [0.2, 0.25) is 0 Å². The van der Waals surface area contributed by atoms with Crippen molar-refractivity contribution >= 4 is 0 Å². The summed E-state index contributed by atoms with van der Waals surface area (Å²) >= 11 is 0. The standard InChI is InChI=1S/C23H35NO/c1-5-23(18(2)3)11-6-19(4)24-14-12-21(13-15-24)16-20-7-9-22(17-25)10-8-20/h7-10,21,23,25H,2,4-6,11-17H2,1,3H3. The van der Waals surface area contributed by atoms with Gasteiger partial charge in [0, 0.05) is 18.8 Å². The summed E-state index contributed by atoms with van der Waals surface area (Å²) in [6.45, 7) is 15.3. The molecule has 1 aliphatic rings. The number of hydrogen-bond acceptors (Lipinski definition) is 2. The Morgan fingerprint density at radius 3 is 2.28 bits per heavy atom. The first kappa shape index (κ1) is 19.8. The average Bonchev–Trinajstić information content (AvgIpc) is 2.63. The van der Waals surface area contributed by atoms with Crippen molar-refractivity contribution in [1.29, 1.82) is 0 Å². The Labute approximate surface area is 154 Å². The number of hydrogen-bond donors (Lipinski definition) is 1. The lowest BCUT2D eigenvalue weighted by molar-refractivity contribution is 0.219. The van der Waals surface area contributed by atoms with E-state index in [1.807, 2.05) is 12.1 Å². The molecule has 1 aromatic rings. The van der Waals surface area contributed by atoms with Gasteiger partial charge >= 0.3 is 0 Å². The van der Waals surface area contributed by atoms with Crippen LogP contribution in [0, 0.1) is 11.8 Å². The van der Waals surface area contributed by atoms with Crippen LogP contribution in [-0.4, -0.2) is 23.1 Å². The first-order valence-corrected chi connectivity index (χ1v) is 9.80. The van der Waals surface area contributed by atoms with Crippen LogP contribution in [-0.2, 0) is 13.0 Å². The van der Waals surface area contributed by atoms with Gasteiger partial charge in [-0.15, -0.1) is 0 Å². The van der Waals surface area contributed by atoms with Crippen LogP contribution < -0.4 is 0 Å². The van der Waals surface area contributed by atoms with Gasteiger partial charge in [0.25, 0.3) is 0 Å². The van der Waals surface area contributed by atoms with Crippen molar-refractivity contribution in [3.8, 4) is 0 Å². The smallest absolute Gasteiger partial charge is 0.0681 e. The Morgan fingerprint density at radius 1 is 1.16 bits per heavy atom. The molecule has 1 aromatic carbocycles. The van der Waals surface area contributed by atoms with E-state index in [0.717, 1.165) is 37.4 Å². The van der Waals surface area contributed by atoms with E-state index in [4.69, 9.17) is 5.11 Å². The Bertz CT molecular complexity index is 552. The molecule has 1 N–H and O–H groups in total. The maximum absolute atomic E-state index is 9.14. The van der Waals surface area contributed by atoms with Crippen molar-refractivity contribution in [2.24, 2.45) is 11.8 Å². The van der Waals surface area contributed by atoms with Crippen LogP contribution in [0.3, 0.4) is 0 Å². The fourth-order valence-corrected chi connectivity index (χ4v) is 3.87. The van der Waals surface area contributed by atoms with Crippen LogP contribution in [0.15, 0.2) is 48.7 Å². The highest BCUT2D eigenvalue weighted by atomic mass is 16.3. The van der Waals surface area contributed by atoms with E-state index in [1.54, 1.807) is 0 Å². The fourth-order valence-electron chi connectivity index (χ4n) is 3.87. The van der Waals surface area contributed by atoms with Crippen molar-refractivity contribution in [3.05, 3.63) is 59.8 Å². The van der Waals surface area contributed by atoms with Gasteiger partial charge in [-0.05, 0) is 68.4 Å². The summed E-state index contributed by atoms with van der Waals surface area (Å²) < 4.78 is 0. The lowest BCUT2D eigenvalue weighted by atomic mass is 9.89. The van der Waals surface area contributed by atoms with Crippen molar-refractivity contribution in [3.63, 3.8) is 0 Å². The van der Waals surface area contributed by atoms with E-state index in [2.05, 4.69) is 44.0 Å². The molecule has 0 aliphatic carbocycles. The summed E-state index contributed by atoms with van der Waals surface area (Å²) in [4.78, 5) is 2.50. The maximum Gasteiger partial charge on any atom is 0.0681 e. The van der Waals surface area contributed by atoms with E-state index >= 15 is 0 Å². The first-order chi connectivity index (χ1) is 12.0. The van der Waals surface area contributed by atoms with Gasteiger partial charge in [0.05, 0.1) is 6.61 Å². The zero-order valence-corrected chi connectivity index (χ0v) is 16.1. The number of piperidine rings is 1. The van der Waals surface area contributed by atoms with Crippen molar-refractivity contribution in [2.45, 2.75) is 59.0 Å². The predicted molar refractivity (Wildman–Crippen MR) is 107 cm³/mol. The first-order valence-electron chi connectivity index (χ1n) is 9.80. The molecule has 2 rings (SSSR count). The maximum atomic E-state index is 9.14. The monoisotopic (exact) mass is 341 g/mol. The number of allylic oxidation sites excluding steroid dienone is 2. The van der Waals surface area contributed by atoms with Gasteiger partial charge < -0.3 is 10.0 Å². The molecule has 0 bridgehead atoms. The number of nitrogens with zero attached hydrogens (tertiary/aromatic N) is 1. The molecule has 1 aliphatic heterocycles. The summed E-state index contributed by atoms with van der Waals surface area (Å²) in [5.74, 6) is 1.40. The second-order valence-electron chi connectivity index (χ2n) is 7.67.